The normalized spacial score (nSPS) is 11.3. The van der Waals surface area contributed by atoms with E-state index < -0.39 is 0 Å². The Labute approximate surface area is 222 Å². The van der Waals surface area contributed by atoms with E-state index in [1.807, 2.05) is 36.5 Å². The second-order valence-electron chi connectivity index (χ2n) is 9.10. The average Bonchev–Trinajstić information content (AvgIpc) is 3.36. The molecule has 0 unspecified atom stereocenters. The molecule has 0 aliphatic rings. The Morgan fingerprint density at radius 2 is 1.26 bits per heavy atom. The van der Waals surface area contributed by atoms with Crippen molar-refractivity contribution in [3.8, 4) is 45.0 Å². The third-order valence-electron chi connectivity index (χ3n) is 6.65. The molecular weight excluding hydrogens is 489 g/mol. The lowest BCUT2D eigenvalue weighted by Gasteiger charge is -2.11. The molecule has 0 radical (unpaired) electrons. The molecule has 0 bridgehead atoms. The Morgan fingerprint density at radius 3 is 2.11 bits per heavy atom. The van der Waals surface area contributed by atoms with Gasteiger partial charge in [-0.25, -0.2) is 14.4 Å². The van der Waals surface area contributed by atoms with Crippen molar-refractivity contribution in [1.29, 1.82) is 0 Å². The largest absolute Gasteiger partial charge is 0.264 e. The summed E-state index contributed by atoms with van der Waals surface area (Å²) in [5, 5.41) is 2.46. The summed E-state index contributed by atoms with van der Waals surface area (Å²) in [4.78, 5) is 14.2. The predicted molar refractivity (Wildman–Crippen MR) is 154 cm³/mol. The monoisotopic (exact) mass is 509 g/mol. The summed E-state index contributed by atoms with van der Waals surface area (Å²) >= 11 is 1.79. The van der Waals surface area contributed by atoms with Gasteiger partial charge in [0.25, 0.3) is 0 Å². The van der Waals surface area contributed by atoms with Gasteiger partial charge in [-0.15, -0.1) is 11.3 Å². The zero-order valence-corrected chi connectivity index (χ0v) is 21.0. The quantitative estimate of drug-likeness (QED) is 0.238. The van der Waals surface area contributed by atoms with Crippen LogP contribution in [0.5, 0.6) is 0 Å². The summed E-state index contributed by atoms with van der Waals surface area (Å²) in [6.07, 6.45) is 3.61. The number of hydrogen-bond acceptors (Lipinski definition) is 4. The van der Waals surface area contributed by atoms with Crippen LogP contribution in [0.3, 0.4) is 0 Å². The molecule has 7 rings (SSSR count). The van der Waals surface area contributed by atoms with Gasteiger partial charge in [0, 0.05) is 54.8 Å². The highest BCUT2D eigenvalue weighted by Gasteiger charge is 2.13. The molecule has 3 heterocycles. The van der Waals surface area contributed by atoms with Gasteiger partial charge in [-0.05, 0) is 66.2 Å². The Hall–Kier alpha value is -4.74. The van der Waals surface area contributed by atoms with Crippen LogP contribution in [0, 0.1) is 5.82 Å². The molecule has 0 saturated heterocycles. The first-order chi connectivity index (χ1) is 18.7. The summed E-state index contributed by atoms with van der Waals surface area (Å²) in [6.45, 7) is 0. The number of pyridine rings is 1. The smallest absolute Gasteiger partial charge is 0.160 e. The van der Waals surface area contributed by atoms with Crippen LogP contribution in [0.15, 0.2) is 122 Å². The van der Waals surface area contributed by atoms with Crippen LogP contribution in [-0.2, 0) is 0 Å². The minimum absolute atomic E-state index is 0.276. The van der Waals surface area contributed by atoms with E-state index in [-0.39, 0.29) is 5.82 Å². The van der Waals surface area contributed by atoms with E-state index in [2.05, 4.69) is 59.6 Å². The van der Waals surface area contributed by atoms with E-state index in [1.165, 1.54) is 32.3 Å². The molecule has 38 heavy (non-hydrogen) atoms. The van der Waals surface area contributed by atoms with Crippen LogP contribution < -0.4 is 0 Å². The lowest BCUT2D eigenvalue weighted by atomic mass is 10.0. The lowest BCUT2D eigenvalue weighted by molar-refractivity contribution is 0.628. The maximum Gasteiger partial charge on any atom is 0.160 e. The van der Waals surface area contributed by atoms with Gasteiger partial charge in [0.2, 0.25) is 0 Å². The first-order valence-corrected chi connectivity index (χ1v) is 13.1. The van der Waals surface area contributed by atoms with Gasteiger partial charge in [0.1, 0.15) is 5.82 Å². The first kappa shape index (κ1) is 22.5. The fourth-order valence-corrected chi connectivity index (χ4v) is 5.84. The number of thiophene rings is 1. The molecule has 7 aromatic rings. The molecule has 3 aromatic heterocycles. The molecule has 0 aliphatic heterocycles. The van der Waals surface area contributed by atoms with Crippen LogP contribution in [0.2, 0.25) is 0 Å². The topological polar surface area (TPSA) is 38.7 Å². The second kappa shape index (κ2) is 9.29. The number of fused-ring (bicyclic) bond motifs is 3. The van der Waals surface area contributed by atoms with Gasteiger partial charge in [-0.1, -0.05) is 48.5 Å². The van der Waals surface area contributed by atoms with E-state index in [4.69, 9.17) is 9.97 Å². The maximum absolute atomic E-state index is 13.7. The number of aromatic nitrogens is 3. The summed E-state index contributed by atoms with van der Waals surface area (Å²) in [7, 11) is 0. The molecule has 180 valence electrons. The van der Waals surface area contributed by atoms with Crippen molar-refractivity contribution in [3.05, 3.63) is 127 Å². The fourth-order valence-electron chi connectivity index (χ4n) is 4.75. The van der Waals surface area contributed by atoms with Crippen LogP contribution >= 0.6 is 11.3 Å². The van der Waals surface area contributed by atoms with Crippen molar-refractivity contribution in [3.63, 3.8) is 0 Å². The first-order valence-electron chi connectivity index (χ1n) is 12.3. The molecular formula is C33H20FN3S. The highest BCUT2D eigenvalue weighted by molar-refractivity contribution is 7.25. The third-order valence-corrected chi connectivity index (χ3v) is 7.81. The average molecular weight is 510 g/mol. The van der Waals surface area contributed by atoms with Gasteiger partial charge in [-0.2, -0.15) is 0 Å². The molecule has 0 saturated carbocycles. The molecule has 0 N–H and O–H groups in total. The van der Waals surface area contributed by atoms with Gasteiger partial charge in [0.15, 0.2) is 5.82 Å². The number of nitrogens with zero attached hydrogens (tertiary/aromatic N) is 3. The summed E-state index contributed by atoms with van der Waals surface area (Å²) in [6, 6.07) is 35.5. The Bertz CT molecular complexity index is 1930. The molecule has 0 aliphatic carbocycles. The lowest BCUT2D eigenvalue weighted by Crippen LogP contribution is -1.96. The van der Waals surface area contributed by atoms with Crippen molar-refractivity contribution in [2.24, 2.45) is 0 Å². The van der Waals surface area contributed by atoms with Crippen molar-refractivity contribution in [2.45, 2.75) is 0 Å². The zero-order valence-electron chi connectivity index (χ0n) is 20.2. The van der Waals surface area contributed by atoms with Crippen molar-refractivity contribution in [2.75, 3.05) is 0 Å². The molecule has 3 nitrogen and oxygen atoms in total. The van der Waals surface area contributed by atoms with Gasteiger partial charge >= 0.3 is 0 Å². The van der Waals surface area contributed by atoms with Crippen molar-refractivity contribution in [1.82, 2.24) is 15.0 Å². The molecule has 0 spiro atoms. The summed E-state index contributed by atoms with van der Waals surface area (Å²) < 4.78 is 16.2. The maximum atomic E-state index is 13.7. The van der Waals surface area contributed by atoms with Crippen molar-refractivity contribution >= 4 is 31.5 Å². The standard InChI is InChI=1S/C33H20FN3S/c34-26-13-10-21(11-14-26)29-19-30(23-12-15-32-28(18-23)27-8-1-2-9-31(27)38-32)37-33(36-29)24-6-3-5-22(17-24)25-7-4-16-35-20-25/h1-20H. The fraction of sp³-hybridized carbons (Fsp3) is 0. The molecule has 0 fully saturated rings. The Kier molecular flexibility index (Phi) is 5.49. The van der Waals surface area contributed by atoms with Gasteiger partial charge in [-0.3, -0.25) is 4.98 Å². The summed E-state index contributed by atoms with van der Waals surface area (Å²) in [5.74, 6) is 0.338. The highest BCUT2D eigenvalue weighted by Crippen LogP contribution is 2.37. The minimum Gasteiger partial charge on any atom is -0.264 e. The SMILES string of the molecule is Fc1ccc(-c2cc(-c3ccc4sc5ccccc5c4c3)nc(-c3cccc(-c4cccnc4)c3)n2)cc1. The molecule has 0 atom stereocenters. The zero-order chi connectivity index (χ0) is 25.5. The van der Waals surface area contributed by atoms with Crippen LogP contribution in [0.4, 0.5) is 4.39 Å². The number of benzene rings is 4. The Morgan fingerprint density at radius 1 is 0.526 bits per heavy atom. The van der Waals surface area contributed by atoms with Crippen LogP contribution in [0.25, 0.3) is 65.2 Å². The van der Waals surface area contributed by atoms with Crippen molar-refractivity contribution < 1.29 is 4.39 Å². The van der Waals surface area contributed by atoms with Crippen LogP contribution in [0.1, 0.15) is 0 Å². The number of hydrogen-bond donors (Lipinski definition) is 0. The minimum atomic E-state index is -0.276. The number of rotatable bonds is 4. The Balaban J connectivity index is 1.41. The molecule has 0 amide bonds. The third kappa shape index (κ3) is 4.13. The van der Waals surface area contributed by atoms with Gasteiger partial charge < -0.3 is 0 Å². The number of halogens is 1. The summed E-state index contributed by atoms with van der Waals surface area (Å²) in [5.41, 5.74) is 6.38. The van der Waals surface area contributed by atoms with E-state index in [9.17, 15) is 4.39 Å². The van der Waals surface area contributed by atoms with Crippen LogP contribution in [-0.4, -0.2) is 15.0 Å². The second-order valence-corrected chi connectivity index (χ2v) is 10.2. The predicted octanol–water partition coefficient (Wildman–Crippen LogP) is 9.05. The molecule has 4 aromatic carbocycles. The van der Waals surface area contributed by atoms with E-state index in [1.54, 1.807) is 29.7 Å². The van der Waals surface area contributed by atoms with E-state index in [0.717, 1.165) is 39.2 Å². The highest BCUT2D eigenvalue weighted by atomic mass is 32.1. The van der Waals surface area contributed by atoms with E-state index >= 15 is 0 Å². The van der Waals surface area contributed by atoms with E-state index in [0.29, 0.717) is 5.82 Å². The van der Waals surface area contributed by atoms with Gasteiger partial charge in [0.05, 0.1) is 11.4 Å². The molecule has 5 heteroatoms.